The number of carbonyl (C=O) groups is 1. The Balaban J connectivity index is 2.57. The third-order valence-corrected chi connectivity index (χ3v) is 3.98. The van der Waals surface area contributed by atoms with Crippen LogP contribution in [0.5, 0.6) is 0 Å². The smallest absolute Gasteiger partial charge is 0.229 e. The van der Waals surface area contributed by atoms with E-state index in [9.17, 15) is 4.79 Å². The third kappa shape index (κ3) is 3.94. The second kappa shape index (κ2) is 6.91. The first-order chi connectivity index (χ1) is 8.98. The predicted molar refractivity (Wildman–Crippen MR) is 75.1 cm³/mol. The molecule has 6 heteroatoms. The zero-order chi connectivity index (χ0) is 14.5. The normalized spacial score (nSPS) is 11.6. The molecule has 1 heterocycles. The van der Waals surface area contributed by atoms with Crippen LogP contribution in [0.2, 0.25) is 5.22 Å². The van der Waals surface area contributed by atoms with E-state index in [0.29, 0.717) is 19.4 Å². The molecule has 1 amide bonds. The van der Waals surface area contributed by atoms with Crippen molar-refractivity contribution in [2.75, 3.05) is 6.54 Å². The summed E-state index contributed by atoms with van der Waals surface area (Å²) >= 11 is 5.86. The van der Waals surface area contributed by atoms with Gasteiger partial charge in [0.2, 0.25) is 11.1 Å². The molecule has 0 spiro atoms. The van der Waals surface area contributed by atoms with Crippen molar-refractivity contribution in [1.82, 2.24) is 10.5 Å². The molecule has 1 rings (SSSR count). The predicted octanol–water partition coefficient (Wildman–Crippen LogP) is 2.20. The van der Waals surface area contributed by atoms with Crippen molar-refractivity contribution in [2.24, 2.45) is 5.73 Å². The molecule has 0 radical (unpaired) electrons. The highest BCUT2D eigenvalue weighted by Crippen LogP contribution is 2.21. The van der Waals surface area contributed by atoms with Crippen LogP contribution >= 0.6 is 11.6 Å². The Kier molecular flexibility index (Phi) is 5.82. The first-order valence-electron chi connectivity index (χ1n) is 6.59. The summed E-state index contributed by atoms with van der Waals surface area (Å²) in [6.07, 6.45) is 2.51. The minimum Gasteiger partial charge on any atom is -0.349 e. The summed E-state index contributed by atoms with van der Waals surface area (Å²) in [6, 6.07) is 0. The quantitative estimate of drug-likeness (QED) is 0.805. The number of nitrogens with zero attached hydrogens (tertiary/aromatic N) is 1. The van der Waals surface area contributed by atoms with Gasteiger partial charge in [-0.25, -0.2) is 0 Å². The summed E-state index contributed by atoms with van der Waals surface area (Å²) < 4.78 is 4.86. The largest absolute Gasteiger partial charge is 0.349 e. The van der Waals surface area contributed by atoms with Gasteiger partial charge >= 0.3 is 0 Å². The molecule has 0 saturated carbocycles. The fourth-order valence-electron chi connectivity index (χ4n) is 2.00. The van der Waals surface area contributed by atoms with Crippen LogP contribution in [0.3, 0.4) is 0 Å². The number of halogens is 1. The maximum Gasteiger partial charge on any atom is 0.229 e. The van der Waals surface area contributed by atoms with Crippen LogP contribution in [-0.4, -0.2) is 23.1 Å². The lowest BCUT2D eigenvalue weighted by Crippen LogP contribution is -2.52. The molecule has 1 aromatic heterocycles. The zero-order valence-corrected chi connectivity index (χ0v) is 12.5. The van der Waals surface area contributed by atoms with E-state index in [0.717, 1.165) is 24.1 Å². The SMILES string of the molecule is CCC(CC)(CN)NC(=O)CCc1c(C)noc1Cl. The third-order valence-electron chi connectivity index (χ3n) is 3.69. The van der Waals surface area contributed by atoms with Crippen LogP contribution in [-0.2, 0) is 11.2 Å². The zero-order valence-electron chi connectivity index (χ0n) is 11.8. The fourth-order valence-corrected chi connectivity index (χ4v) is 2.27. The van der Waals surface area contributed by atoms with Gasteiger partial charge in [-0.1, -0.05) is 19.0 Å². The van der Waals surface area contributed by atoms with Crippen LogP contribution in [0.25, 0.3) is 0 Å². The van der Waals surface area contributed by atoms with E-state index in [4.69, 9.17) is 21.9 Å². The van der Waals surface area contributed by atoms with Gasteiger partial charge in [-0.3, -0.25) is 4.79 Å². The van der Waals surface area contributed by atoms with Crippen molar-refractivity contribution in [3.05, 3.63) is 16.5 Å². The number of nitrogens with one attached hydrogen (secondary N) is 1. The highest BCUT2D eigenvalue weighted by Gasteiger charge is 2.26. The second-order valence-electron chi connectivity index (χ2n) is 4.76. The molecule has 3 N–H and O–H groups in total. The molecule has 0 aliphatic carbocycles. The minimum absolute atomic E-state index is 0.0224. The van der Waals surface area contributed by atoms with Gasteiger partial charge in [0.1, 0.15) is 0 Å². The molecule has 0 aliphatic heterocycles. The molecule has 19 heavy (non-hydrogen) atoms. The number of hydrogen-bond acceptors (Lipinski definition) is 4. The van der Waals surface area contributed by atoms with E-state index in [1.54, 1.807) is 0 Å². The lowest BCUT2D eigenvalue weighted by molar-refractivity contribution is -0.123. The van der Waals surface area contributed by atoms with Gasteiger partial charge in [0, 0.05) is 18.5 Å². The molecule has 108 valence electrons. The Morgan fingerprint density at radius 2 is 2.11 bits per heavy atom. The minimum atomic E-state index is -0.301. The van der Waals surface area contributed by atoms with Crippen molar-refractivity contribution >= 4 is 17.5 Å². The van der Waals surface area contributed by atoms with Gasteiger partial charge in [0.25, 0.3) is 0 Å². The lowest BCUT2D eigenvalue weighted by atomic mass is 9.92. The molecule has 0 saturated heterocycles. The van der Waals surface area contributed by atoms with Crippen LogP contribution < -0.4 is 11.1 Å². The standard InChI is InChI=1S/C13H22ClN3O2/c1-4-13(5-2,8-15)16-11(18)7-6-10-9(3)17-19-12(10)14/h4-8,15H2,1-3H3,(H,16,18). The van der Waals surface area contributed by atoms with E-state index < -0.39 is 0 Å². The topological polar surface area (TPSA) is 81.1 Å². The van der Waals surface area contributed by atoms with Crippen molar-refractivity contribution in [1.29, 1.82) is 0 Å². The Bertz CT molecular complexity index is 400. The summed E-state index contributed by atoms with van der Waals surface area (Å²) in [5.74, 6) is -0.0224. The number of aromatic nitrogens is 1. The van der Waals surface area contributed by atoms with E-state index in [1.807, 2.05) is 20.8 Å². The molecular weight excluding hydrogens is 266 g/mol. The molecule has 0 fully saturated rings. The molecule has 0 aliphatic rings. The monoisotopic (exact) mass is 287 g/mol. The second-order valence-corrected chi connectivity index (χ2v) is 5.10. The number of rotatable bonds is 7. The van der Waals surface area contributed by atoms with Crippen molar-refractivity contribution in [3.63, 3.8) is 0 Å². The van der Waals surface area contributed by atoms with Crippen LogP contribution in [0.1, 0.15) is 44.4 Å². The highest BCUT2D eigenvalue weighted by molar-refractivity contribution is 6.29. The summed E-state index contributed by atoms with van der Waals surface area (Å²) in [5.41, 5.74) is 6.98. The number of hydrogen-bond donors (Lipinski definition) is 2. The maximum atomic E-state index is 12.0. The van der Waals surface area contributed by atoms with Crippen molar-refractivity contribution in [3.8, 4) is 0 Å². The van der Waals surface area contributed by atoms with Gasteiger partial charge in [-0.15, -0.1) is 0 Å². The molecule has 0 unspecified atom stereocenters. The molecule has 5 nitrogen and oxygen atoms in total. The number of aryl methyl sites for hydroxylation is 1. The Labute approximate surface area is 118 Å². The lowest BCUT2D eigenvalue weighted by Gasteiger charge is -2.31. The van der Waals surface area contributed by atoms with E-state index in [2.05, 4.69) is 10.5 Å². The summed E-state index contributed by atoms with van der Waals surface area (Å²) in [7, 11) is 0. The van der Waals surface area contributed by atoms with Gasteiger partial charge in [0.15, 0.2) is 0 Å². The Morgan fingerprint density at radius 1 is 1.47 bits per heavy atom. The van der Waals surface area contributed by atoms with Crippen molar-refractivity contribution < 1.29 is 9.32 Å². The average Bonchev–Trinajstić information content (AvgIpc) is 2.73. The Hall–Kier alpha value is -1.07. The highest BCUT2D eigenvalue weighted by atomic mass is 35.5. The van der Waals surface area contributed by atoms with Gasteiger partial charge in [0.05, 0.1) is 11.2 Å². The first kappa shape index (κ1) is 16.0. The Morgan fingerprint density at radius 3 is 2.53 bits per heavy atom. The van der Waals surface area contributed by atoms with Crippen LogP contribution in [0.4, 0.5) is 0 Å². The first-order valence-corrected chi connectivity index (χ1v) is 6.97. The van der Waals surface area contributed by atoms with E-state index >= 15 is 0 Å². The molecule has 1 aromatic rings. The maximum absolute atomic E-state index is 12.0. The molecule has 0 aromatic carbocycles. The number of carbonyl (C=O) groups excluding carboxylic acids is 1. The fraction of sp³-hybridized carbons (Fsp3) is 0.692. The van der Waals surface area contributed by atoms with E-state index in [-0.39, 0.29) is 16.7 Å². The molecular formula is C13H22ClN3O2. The summed E-state index contributed by atoms with van der Waals surface area (Å²) in [5, 5.41) is 7.05. The van der Waals surface area contributed by atoms with Gasteiger partial charge in [-0.05, 0) is 37.8 Å². The summed E-state index contributed by atoms with van der Waals surface area (Å²) in [6.45, 7) is 6.30. The summed E-state index contributed by atoms with van der Waals surface area (Å²) in [4.78, 5) is 12.0. The van der Waals surface area contributed by atoms with Gasteiger partial charge < -0.3 is 15.6 Å². The number of amides is 1. The van der Waals surface area contributed by atoms with Crippen LogP contribution in [0.15, 0.2) is 4.52 Å². The average molecular weight is 288 g/mol. The van der Waals surface area contributed by atoms with Gasteiger partial charge in [-0.2, -0.15) is 0 Å². The molecule has 0 atom stereocenters. The van der Waals surface area contributed by atoms with Crippen molar-refractivity contribution in [2.45, 2.75) is 52.0 Å². The molecule has 0 bridgehead atoms. The van der Waals surface area contributed by atoms with Crippen LogP contribution in [0, 0.1) is 6.92 Å². The van der Waals surface area contributed by atoms with E-state index in [1.165, 1.54) is 0 Å². The number of nitrogens with two attached hydrogens (primary N) is 1.